The van der Waals surface area contributed by atoms with Gasteiger partial charge in [-0.3, -0.25) is 4.79 Å². The largest absolute Gasteiger partial charge is 0.490 e. The average molecular weight is 405 g/mol. The molecule has 0 unspecified atom stereocenters. The molecule has 2 aromatic carbocycles. The first-order valence-corrected chi connectivity index (χ1v) is 9.26. The van der Waals surface area contributed by atoms with Crippen LogP contribution in [0.15, 0.2) is 48.5 Å². The summed E-state index contributed by atoms with van der Waals surface area (Å²) in [6.45, 7) is -1.17. The minimum Gasteiger partial charge on any atom is -0.490 e. The van der Waals surface area contributed by atoms with Gasteiger partial charge in [0.25, 0.3) is 5.91 Å². The molecule has 0 spiro atoms. The monoisotopic (exact) mass is 405 g/mol. The van der Waals surface area contributed by atoms with Crippen LogP contribution in [0.3, 0.4) is 0 Å². The van der Waals surface area contributed by atoms with Crippen LogP contribution < -0.4 is 14.8 Å². The highest BCUT2D eigenvalue weighted by Crippen LogP contribution is 2.31. The van der Waals surface area contributed by atoms with Gasteiger partial charge in [0, 0.05) is 11.6 Å². The molecule has 1 amide bonds. The second kappa shape index (κ2) is 9.36. The van der Waals surface area contributed by atoms with Crippen molar-refractivity contribution in [2.75, 3.05) is 6.61 Å². The second-order valence-corrected chi connectivity index (χ2v) is 6.45. The number of halogens is 2. The lowest BCUT2D eigenvalue weighted by Crippen LogP contribution is -2.33. The van der Waals surface area contributed by atoms with Crippen LogP contribution in [-0.2, 0) is 9.53 Å². The molecule has 0 aliphatic heterocycles. The molecule has 0 aromatic heterocycles. The van der Waals surface area contributed by atoms with Gasteiger partial charge in [-0.15, -0.1) is 0 Å². The summed E-state index contributed by atoms with van der Waals surface area (Å²) in [6.07, 6.45) is 0.659. The molecule has 0 radical (unpaired) electrons. The molecular formula is C21H21F2NO5. The zero-order valence-corrected chi connectivity index (χ0v) is 15.8. The molecule has 1 N–H and O–H groups in total. The fourth-order valence-electron chi connectivity index (χ4n) is 2.68. The number of hydrogen-bond acceptors (Lipinski definition) is 5. The molecule has 6 nitrogen and oxygen atoms in total. The molecule has 154 valence electrons. The highest BCUT2D eigenvalue weighted by Gasteiger charge is 2.31. The summed E-state index contributed by atoms with van der Waals surface area (Å²) < 4.78 is 40.2. The summed E-state index contributed by atoms with van der Waals surface area (Å²) in [5.74, 6) is -1.39. The van der Waals surface area contributed by atoms with E-state index in [-0.39, 0.29) is 29.7 Å². The van der Waals surface area contributed by atoms with Gasteiger partial charge in [0.15, 0.2) is 11.5 Å². The number of hydrogen-bond donors (Lipinski definition) is 1. The van der Waals surface area contributed by atoms with Gasteiger partial charge in [-0.1, -0.05) is 30.3 Å². The van der Waals surface area contributed by atoms with Crippen molar-refractivity contribution in [3.05, 3.63) is 59.7 Å². The number of carbonyl (C=O) groups excluding carboxylic acids is 2. The molecule has 0 saturated heterocycles. The predicted octanol–water partition coefficient (Wildman–Crippen LogP) is 3.86. The van der Waals surface area contributed by atoms with Crippen molar-refractivity contribution in [3.8, 4) is 11.5 Å². The summed E-state index contributed by atoms with van der Waals surface area (Å²) in [5, 5.41) is 2.83. The van der Waals surface area contributed by atoms with Gasteiger partial charge < -0.3 is 19.5 Å². The molecule has 1 fully saturated rings. The third-order valence-electron chi connectivity index (χ3n) is 4.18. The SMILES string of the molecule is CCOc1cc(C(=O)O[C@H](C(=O)NC2CC2)c2ccccc2)ccc1OC(F)F. The molecule has 2 aromatic rings. The smallest absolute Gasteiger partial charge is 0.387 e. The number of esters is 1. The van der Waals surface area contributed by atoms with E-state index in [2.05, 4.69) is 10.1 Å². The number of rotatable bonds is 9. The van der Waals surface area contributed by atoms with Gasteiger partial charge in [-0.05, 0) is 38.0 Å². The summed E-state index contributed by atoms with van der Waals surface area (Å²) in [5.41, 5.74) is 0.580. The number of benzene rings is 2. The van der Waals surface area contributed by atoms with Crippen molar-refractivity contribution in [2.24, 2.45) is 0 Å². The van der Waals surface area contributed by atoms with Gasteiger partial charge in [0.1, 0.15) is 0 Å². The predicted molar refractivity (Wildman–Crippen MR) is 100 cm³/mol. The van der Waals surface area contributed by atoms with Gasteiger partial charge >= 0.3 is 12.6 Å². The van der Waals surface area contributed by atoms with Crippen molar-refractivity contribution < 1.29 is 32.6 Å². The van der Waals surface area contributed by atoms with E-state index >= 15 is 0 Å². The van der Waals surface area contributed by atoms with Crippen molar-refractivity contribution in [2.45, 2.75) is 38.5 Å². The van der Waals surface area contributed by atoms with Crippen LogP contribution in [-0.4, -0.2) is 31.1 Å². The fourth-order valence-corrected chi connectivity index (χ4v) is 2.68. The maximum Gasteiger partial charge on any atom is 0.387 e. The maximum atomic E-state index is 12.7. The van der Waals surface area contributed by atoms with Crippen LogP contribution in [0, 0.1) is 0 Å². The first-order chi connectivity index (χ1) is 14.0. The van der Waals surface area contributed by atoms with E-state index in [1.165, 1.54) is 18.2 Å². The zero-order valence-electron chi connectivity index (χ0n) is 15.8. The molecular weight excluding hydrogens is 384 g/mol. The van der Waals surface area contributed by atoms with Gasteiger partial charge in [-0.2, -0.15) is 8.78 Å². The van der Waals surface area contributed by atoms with E-state index in [1.807, 2.05) is 0 Å². The molecule has 29 heavy (non-hydrogen) atoms. The Labute approximate surface area is 166 Å². The lowest BCUT2D eigenvalue weighted by Gasteiger charge is -2.18. The topological polar surface area (TPSA) is 73.9 Å². The van der Waals surface area contributed by atoms with E-state index < -0.39 is 24.6 Å². The van der Waals surface area contributed by atoms with Crippen LogP contribution in [0.25, 0.3) is 0 Å². The number of alkyl halides is 2. The minimum atomic E-state index is -3.03. The minimum absolute atomic E-state index is 0.0130. The molecule has 8 heteroatoms. The highest BCUT2D eigenvalue weighted by molar-refractivity contribution is 5.93. The Hall–Kier alpha value is -3.16. The molecule has 1 aliphatic carbocycles. The van der Waals surface area contributed by atoms with Crippen molar-refractivity contribution in [1.82, 2.24) is 5.32 Å². The quantitative estimate of drug-likeness (QED) is 0.642. The second-order valence-electron chi connectivity index (χ2n) is 6.45. The third-order valence-corrected chi connectivity index (χ3v) is 4.18. The fraction of sp³-hybridized carbons (Fsp3) is 0.333. The van der Waals surface area contributed by atoms with Crippen LogP contribution in [0.5, 0.6) is 11.5 Å². The Morgan fingerprint density at radius 1 is 1.10 bits per heavy atom. The highest BCUT2D eigenvalue weighted by atomic mass is 19.3. The Morgan fingerprint density at radius 2 is 1.83 bits per heavy atom. The van der Waals surface area contributed by atoms with Gasteiger partial charge in [0.05, 0.1) is 12.2 Å². The summed E-state index contributed by atoms with van der Waals surface area (Å²) in [4.78, 5) is 25.3. The molecule has 3 rings (SSSR count). The maximum absolute atomic E-state index is 12.7. The number of carbonyl (C=O) groups is 2. The first kappa shape index (κ1) is 20.6. The molecule has 0 bridgehead atoms. The van der Waals surface area contributed by atoms with Crippen LogP contribution >= 0.6 is 0 Å². The Bertz CT molecular complexity index is 855. The number of nitrogens with one attached hydrogen (secondary N) is 1. The number of ether oxygens (including phenoxy) is 3. The Morgan fingerprint density at radius 3 is 2.45 bits per heavy atom. The van der Waals surface area contributed by atoms with Crippen LogP contribution in [0.2, 0.25) is 0 Å². The normalized spacial score (nSPS) is 14.2. The van der Waals surface area contributed by atoms with Crippen molar-refractivity contribution in [1.29, 1.82) is 0 Å². The van der Waals surface area contributed by atoms with Crippen LogP contribution in [0.4, 0.5) is 8.78 Å². The van der Waals surface area contributed by atoms with E-state index in [4.69, 9.17) is 9.47 Å². The zero-order chi connectivity index (χ0) is 20.8. The molecule has 0 heterocycles. The van der Waals surface area contributed by atoms with Gasteiger partial charge in [-0.25, -0.2) is 4.79 Å². The molecule has 1 atom stereocenters. The lowest BCUT2D eigenvalue weighted by atomic mass is 10.1. The van der Waals surface area contributed by atoms with Crippen LogP contribution in [0.1, 0.15) is 41.8 Å². The van der Waals surface area contributed by atoms with E-state index in [0.717, 1.165) is 12.8 Å². The number of amides is 1. The molecule has 1 aliphatic rings. The third kappa shape index (κ3) is 5.66. The van der Waals surface area contributed by atoms with Crippen molar-refractivity contribution >= 4 is 11.9 Å². The summed E-state index contributed by atoms with van der Waals surface area (Å²) >= 11 is 0. The Balaban J connectivity index is 1.81. The summed E-state index contributed by atoms with van der Waals surface area (Å²) in [6, 6.07) is 12.5. The molecule has 1 saturated carbocycles. The van der Waals surface area contributed by atoms with Crippen molar-refractivity contribution in [3.63, 3.8) is 0 Å². The van der Waals surface area contributed by atoms with Gasteiger partial charge in [0.2, 0.25) is 6.10 Å². The lowest BCUT2D eigenvalue weighted by molar-refractivity contribution is -0.130. The standard InChI is InChI=1S/C21H21F2NO5/c1-2-27-17-12-14(8-11-16(17)28-21(22)23)20(26)29-18(13-6-4-3-5-7-13)19(25)24-15-9-10-15/h3-8,11-12,15,18,21H,2,9-10H2,1H3,(H,24,25)/t18-/m0/s1. The Kier molecular flexibility index (Phi) is 6.64. The van der Waals surface area contributed by atoms with E-state index in [0.29, 0.717) is 5.56 Å². The first-order valence-electron chi connectivity index (χ1n) is 9.26. The van der Waals surface area contributed by atoms with E-state index in [9.17, 15) is 18.4 Å². The summed E-state index contributed by atoms with van der Waals surface area (Å²) in [7, 11) is 0. The average Bonchev–Trinajstić information content (AvgIpc) is 3.51. The van der Waals surface area contributed by atoms with E-state index in [1.54, 1.807) is 37.3 Å².